The Kier molecular flexibility index (Phi) is 11.4. The maximum absolute atomic E-state index is 12.8. The van der Waals surface area contributed by atoms with E-state index in [-0.39, 0.29) is 5.91 Å². The summed E-state index contributed by atoms with van der Waals surface area (Å²) < 4.78 is 12.1. The monoisotopic (exact) mass is 434 g/mol. The van der Waals surface area contributed by atoms with Gasteiger partial charge in [-0.25, -0.2) is 0 Å². The zero-order valence-corrected chi connectivity index (χ0v) is 19.1. The Morgan fingerprint density at radius 1 is 0.781 bits per heavy atom. The number of rotatable bonds is 11. The fourth-order valence-corrected chi connectivity index (χ4v) is 2.99. The number of amides is 1. The highest BCUT2D eigenvalue weighted by atomic mass is 16.5. The first kappa shape index (κ1) is 25.0. The molecule has 1 amide bonds. The predicted octanol–water partition coefficient (Wildman–Crippen LogP) is 5.34. The molecule has 5 nitrogen and oxygen atoms in total. The van der Waals surface area contributed by atoms with Gasteiger partial charge in [0.2, 0.25) is 0 Å². The normalized spacial score (nSPS) is 9.97. The molecule has 32 heavy (non-hydrogen) atoms. The van der Waals surface area contributed by atoms with Gasteiger partial charge in [-0.3, -0.25) is 4.79 Å². The number of hydrogen-bond donors (Lipinski definition) is 2. The second-order valence-electron chi connectivity index (χ2n) is 6.93. The molecule has 0 fully saturated rings. The molecule has 0 atom stereocenters. The molecule has 170 valence electrons. The fourth-order valence-electron chi connectivity index (χ4n) is 2.99. The molecule has 0 aliphatic carbocycles. The molecule has 3 aromatic carbocycles. The lowest BCUT2D eigenvalue weighted by molar-refractivity contribution is 0.0947. The molecule has 0 heterocycles. The maximum Gasteiger partial charge on any atom is 0.255 e. The van der Waals surface area contributed by atoms with Crippen LogP contribution in [0.2, 0.25) is 0 Å². The van der Waals surface area contributed by atoms with Gasteiger partial charge in [0.1, 0.15) is 13.2 Å². The molecule has 3 rings (SSSR count). The summed E-state index contributed by atoms with van der Waals surface area (Å²) >= 11 is 0. The van der Waals surface area contributed by atoms with Gasteiger partial charge >= 0.3 is 0 Å². The summed E-state index contributed by atoms with van der Waals surface area (Å²) in [5.74, 6) is 0.818. The highest BCUT2D eigenvalue weighted by Crippen LogP contribution is 2.33. The van der Waals surface area contributed by atoms with E-state index in [1.54, 1.807) is 6.07 Å². The number of hydrogen-bond acceptors (Lipinski definition) is 4. The lowest BCUT2D eigenvalue weighted by atomic mass is 10.1. The topological polar surface area (TPSA) is 73.6 Å². The molecular weight excluding hydrogens is 400 g/mol. The summed E-state index contributed by atoms with van der Waals surface area (Å²) in [7, 11) is 0. The van der Waals surface area contributed by atoms with Crippen LogP contribution in [0.15, 0.2) is 78.9 Å². The molecule has 0 aromatic heterocycles. The Hall–Kier alpha value is -3.31. The summed E-state index contributed by atoms with van der Waals surface area (Å²) in [6, 6.07) is 25.1. The minimum absolute atomic E-state index is 0.180. The number of nitrogens with two attached hydrogens (primary N) is 1. The van der Waals surface area contributed by atoms with Crippen LogP contribution in [-0.4, -0.2) is 19.0 Å². The Morgan fingerprint density at radius 3 is 1.97 bits per heavy atom. The largest absolute Gasteiger partial charge is 0.485 e. The van der Waals surface area contributed by atoms with Crippen molar-refractivity contribution < 1.29 is 14.3 Å². The predicted molar refractivity (Wildman–Crippen MR) is 130 cm³/mol. The summed E-state index contributed by atoms with van der Waals surface area (Å²) in [5.41, 5.74) is 8.05. The van der Waals surface area contributed by atoms with Gasteiger partial charge in [0, 0.05) is 6.54 Å². The molecule has 3 aromatic rings. The minimum atomic E-state index is -0.180. The van der Waals surface area contributed by atoms with Gasteiger partial charge in [0.25, 0.3) is 5.91 Å². The van der Waals surface area contributed by atoms with Crippen molar-refractivity contribution in [3.8, 4) is 11.5 Å². The van der Waals surface area contributed by atoms with Crippen LogP contribution in [0.4, 0.5) is 0 Å². The first-order chi connectivity index (χ1) is 15.8. The first-order valence-corrected chi connectivity index (χ1v) is 11.2. The van der Waals surface area contributed by atoms with Crippen molar-refractivity contribution in [1.29, 1.82) is 0 Å². The van der Waals surface area contributed by atoms with Gasteiger partial charge < -0.3 is 20.5 Å². The quantitative estimate of drug-likeness (QED) is 0.400. The van der Waals surface area contributed by atoms with Crippen molar-refractivity contribution in [1.82, 2.24) is 5.32 Å². The molecule has 0 unspecified atom stereocenters. The van der Waals surface area contributed by atoms with Crippen molar-refractivity contribution in [2.24, 2.45) is 5.73 Å². The smallest absolute Gasteiger partial charge is 0.255 e. The molecule has 0 saturated heterocycles. The lowest BCUT2D eigenvalue weighted by Gasteiger charge is -2.17. The highest BCUT2D eigenvalue weighted by molar-refractivity contribution is 5.97. The van der Waals surface area contributed by atoms with E-state index < -0.39 is 0 Å². The number of carbonyl (C=O) groups is 1. The zero-order chi connectivity index (χ0) is 23.0. The third-order valence-corrected chi connectivity index (χ3v) is 4.60. The van der Waals surface area contributed by atoms with Crippen LogP contribution in [0, 0.1) is 0 Å². The van der Waals surface area contributed by atoms with Crippen molar-refractivity contribution in [2.45, 2.75) is 39.9 Å². The van der Waals surface area contributed by atoms with Gasteiger partial charge in [0.15, 0.2) is 11.5 Å². The number of para-hydroxylation sites is 1. The third kappa shape index (κ3) is 8.08. The standard InChI is InChI=1S/C25H28N2O3.C2H6/c26-16-7-8-17-27-25(28)22-14-9-15-23(29-18-20-10-3-1-4-11-20)24(22)30-19-21-12-5-2-6-13-21;1-2/h1-6,9-15H,7-8,16-19,26H2,(H,27,28);1-2H3. The van der Waals surface area contributed by atoms with Crippen molar-refractivity contribution >= 4 is 5.91 Å². The average molecular weight is 435 g/mol. The molecule has 5 heteroatoms. The van der Waals surface area contributed by atoms with E-state index in [9.17, 15) is 4.79 Å². The molecule has 0 bridgehead atoms. The first-order valence-electron chi connectivity index (χ1n) is 11.2. The van der Waals surface area contributed by atoms with Crippen LogP contribution in [0.1, 0.15) is 48.2 Å². The number of unbranched alkanes of at least 4 members (excludes halogenated alkanes) is 1. The van der Waals surface area contributed by atoms with E-state index in [1.165, 1.54) is 0 Å². The Labute approximate surface area is 191 Å². The molecule has 3 N–H and O–H groups in total. The number of nitrogens with one attached hydrogen (secondary N) is 1. The van der Waals surface area contributed by atoms with Crippen LogP contribution >= 0.6 is 0 Å². The van der Waals surface area contributed by atoms with E-state index in [0.29, 0.717) is 43.4 Å². The second-order valence-corrected chi connectivity index (χ2v) is 6.93. The van der Waals surface area contributed by atoms with Crippen molar-refractivity contribution in [2.75, 3.05) is 13.1 Å². The molecule has 0 spiro atoms. The Balaban J connectivity index is 0.00000176. The van der Waals surface area contributed by atoms with Crippen LogP contribution in [0.3, 0.4) is 0 Å². The summed E-state index contributed by atoms with van der Waals surface area (Å²) in [6.07, 6.45) is 1.71. The van der Waals surface area contributed by atoms with E-state index in [0.717, 1.165) is 24.0 Å². The second kappa shape index (κ2) is 14.7. The summed E-state index contributed by atoms with van der Waals surface area (Å²) in [4.78, 5) is 12.8. The van der Waals surface area contributed by atoms with Crippen LogP contribution in [0.5, 0.6) is 11.5 Å². The number of benzene rings is 3. The molecule has 0 aliphatic heterocycles. The van der Waals surface area contributed by atoms with Gasteiger partial charge in [-0.1, -0.05) is 80.6 Å². The minimum Gasteiger partial charge on any atom is -0.485 e. The number of carbonyl (C=O) groups excluding carboxylic acids is 1. The third-order valence-electron chi connectivity index (χ3n) is 4.60. The molecular formula is C27H34N2O3. The van der Waals surface area contributed by atoms with Gasteiger partial charge in [-0.05, 0) is 42.6 Å². The summed E-state index contributed by atoms with van der Waals surface area (Å²) in [5, 5.41) is 2.94. The van der Waals surface area contributed by atoms with Crippen molar-refractivity contribution in [3.05, 3.63) is 95.6 Å². The molecule has 0 aliphatic rings. The van der Waals surface area contributed by atoms with Crippen LogP contribution in [0.25, 0.3) is 0 Å². The molecule has 0 saturated carbocycles. The Morgan fingerprint density at radius 2 is 1.38 bits per heavy atom. The van der Waals surface area contributed by atoms with E-state index in [2.05, 4.69) is 5.32 Å². The van der Waals surface area contributed by atoms with Gasteiger partial charge in [-0.15, -0.1) is 0 Å². The zero-order valence-electron chi connectivity index (χ0n) is 19.1. The van der Waals surface area contributed by atoms with Gasteiger partial charge in [-0.2, -0.15) is 0 Å². The van der Waals surface area contributed by atoms with Crippen LogP contribution in [-0.2, 0) is 13.2 Å². The van der Waals surface area contributed by atoms with E-state index in [1.807, 2.05) is 86.6 Å². The van der Waals surface area contributed by atoms with Gasteiger partial charge in [0.05, 0.1) is 5.56 Å². The van der Waals surface area contributed by atoms with E-state index in [4.69, 9.17) is 15.2 Å². The van der Waals surface area contributed by atoms with E-state index >= 15 is 0 Å². The highest BCUT2D eigenvalue weighted by Gasteiger charge is 2.18. The lowest BCUT2D eigenvalue weighted by Crippen LogP contribution is -2.25. The maximum atomic E-state index is 12.8. The average Bonchev–Trinajstić information content (AvgIpc) is 2.86. The van der Waals surface area contributed by atoms with Crippen molar-refractivity contribution in [3.63, 3.8) is 0 Å². The molecule has 0 radical (unpaired) electrons. The number of ether oxygens (including phenoxy) is 2. The fraction of sp³-hybridized carbons (Fsp3) is 0.296. The van der Waals surface area contributed by atoms with Crippen LogP contribution < -0.4 is 20.5 Å². The SMILES string of the molecule is CC.NCCCCNC(=O)c1cccc(OCc2ccccc2)c1OCc1ccccc1. The summed E-state index contributed by atoms with van der Waals surface area (Å²) in [6.45, 7) is 5.93. The Bertz CT molecular complexity index is 915.